The van der Waals surface area contributed by atoms with E-state index in [1.807, 2.05) is 55.5 Å². The van der Waals surface area contributed by atoms with Crippen LogP contribution in [-0.4, -0.2) is 10.1 Å². The van der Waals surface area contributed by atoms with Crippen LogP contribution in [0.15, 0.2) is 57.5 Å². The van der Waals surface area contributed by atoms with Crippen LogP contribution in [0.2, 0.25) is 0 Å². The van der Waals surface area contributed by atoms with Crippen LogP contribution in [0.4, 0.5) is 0 Å². The first-order chi connectivity index (χ1) is 10.1. The minimum atomic E-state index is -0.420. The van der Waals surface area contributed by atoms with Crippen LogP contribution in [0.25, 0.3) is 11.4 Å². The van der Waals surface area contributed by atoms with Gasteiger partial charge in [-0.05, 0) is 30.2 Å². The van der Waals surface area contributed by atoms with Crippen molar-refractivity contribution in [1.29, 1.82) is 0 Å². The summed E-state index contributed by atoms with van der Waals surface area (Å²) in [6.45, 7) is 2.03. The van der Waals surface area contributed by atoms with Gasteiger partial charge < -0.3 is 10.3 Å². The zero-order valence-electron chi connectivity index (χ0n) is 11.5. The highest BCUT2D eigenvalue weighted by atomic mass is 79.9. The highest BCUT2D eigenvalue weighted by molar-refractivity contribution is 9.10. The predicted molar refractivity (Wildman–Crippen MR) is 84.6 cm³/mol. The Hall–Kier alpha value is -1.98. The largest absolute Gasteiger partial charge is 0.337 e. The molecule has 3 aromatic rings. The molecule has 0 amide bonds. The van der Waals surface area contributed by atoms with E-state index in [0.29, 0.717) is 11.7 Å². The van der Waals surface area contributed by atoms with Gasteiger partial charge in [0, 0.05) is 10.0 Å². The van der Waals surface area contributed by atoms with Gasteiger partial charge in [-0.3, -0.25) is 0 Å². The molecule has 0 radical (unpaired) electrons. The lowest BCUT2D eigenvalue weighted by Gasteiger charge is -2.05. The van der Waals surface area contributed by atoms with Crippen molar-refractivity contribution < 1.29 is 4.52 Å². The number of nitrogens with two attached hydrogens (primary N) is 1. The average Bonchev–Trinajstić information content (AvgIpc) is 2.97. The first kappa shape index (κ1) is 14.0. The molecule has 0 fully saturated rings. The van der Waals surface area contributed by atoms with Crippen molar-refractivity contribution in [2.75, 3.05) is 0 Å². The average molecular weight is 344 g/mol. The van der Waals surface area contributed by atoms with Gasteiger partial charge in [-0.1, -0.05) is 57.5 Å². The Labute approximate surface area is 131 Å². The Morgan fingerprint density at radius 2 is 1.90 bits per heavy atom. The molecule has 106 valence electrons. The third kappa shape index (κ3) is 2.89. The molecule has 2 aromatic carbocycles. The van der Waals surface area contributed by atoms with Crippen LogP contribution >= 0.6 is 15.9 Å². The Morgan fingerprint density at radius 1 is 1.14 bits per heavy atom. The molecule has 21 heavy (non-hydrogen) atoms. The van der Waals surface area contributed by atoms with Gasteiger partial charge in [0.15, 0.2) is 0 Å². The first-order valence-electron chi connectivity index (χ1n) is 6.56. The predicted octanol–water partition coefficient (Wildman–Crippen LogP) is 3.86. The van der Waals surface area contributed by atoms with Gasteiger partial charge in [0.05, 0.1) is 0 Å². The summed E-state index contributed by atoms with van der Waals surface area (Å²) in [6, 6.07) is 15.3. The number of rotatable bonds is 3. The lowest BCUT2D eigenvalue weighted by Crippen LogP contribution is -2.11. The summed E-state index contributed by atoms with van der Waals surface area (Å²) in [7, 11) is 0. The smallest absolute Gasteiger partial charge is 0.248 e. The molecular formula is C16H14BrN3O. The summed E-state index contributed by atoms with van der Waals surface area (Å²) in [5.74, 6) is 0.937. The standard InChI is InChI=1S/C16H14BrN3O/c1-10-7-8-12(13(17)9-10)15-19-16(21-20-15)14(18)11-5-3-2-4-6-11/h2-9,14H,18H2,1H3/t14-/m0/s1. The number of aryl methyl sites for hydroxylation is 1. The molecule has 4 nitrogen and oxygen atoms in total. The molecule has 0 bridgehead atoms. The highest BCUT2D eigenvalue weighted by Gasteiger charge is 2.18. The molecule has 1 heterocycles. The van der Waals surface area contributed by atoms with Gasteiger partial charge in [-0.15, -0.1) is 0 Å². The summed E-state index contributed by atoms with van der Waals surface area (Å²) < 4.78 is 6.25. The van der Waals surface area contributed by atoms with Crippen molar-refractivity contribution in [2.24, 2.45) is 5.73 Å². The van der Waals surface area contributed by atoms with Crippen molar-refractivity contribution in [1.82, 2.24) is 10.1 Å². The van der Waals surface area contributed by atoms with Crippen LogP contribution in [0.5, 0.6) is 0 Å². The quantitative estimate of drug-likeness (QED) is 0.784. The van der Waals surface area contributed by atoms with Crippen molar-refractivity contribution in [3.05, 3.63) is 70.0 Å². The van der Waals surface area contributed by atoms with Gasteiger partial charge >= 0.3 is 0 Å². The van der Waals surface area contributed by atoms with Crippen molar-refractivity contribution in [2.45, 2.75) is 13.0 Å². The van der Waals surface area contributed by atoms with Gasteiger partial charge in [-0.25, -0.2) is 0 Å². The van der Waals surface area contributed by atoms with E-state index in [4.69, 9.17) is 10.3 Å². The molecule has 1 atom stereocenters. The summed E-state index contributed by atoms with van der Waals surface area (Å²) in [6.07, 6.45) is 0. The second-order valence-corrected chi connectivity index (χ2v) is 5.68. The zero-order chi connectivity index (χ0) is 14.8. The maximum Gasteiger partial charge on any atom is 0.248 e. The maximum atomic E-state index is 6.16. The van der Waals surface area contributed by atoms with Crippen LogP contribution in [0.3, 0.4) is 0 Å². The van der Waals surface area contributed by atoms with Crippen molar-refractivity contribution in [3.8, 4) is 11.4 Å². The normalized spacial score (nSPS) is 12.3. The summed E-state index contributed by atoms with van der Waals surface area (Å²) in [5.41, 5.74) is 9.15. The third-order valence-corrected chi connectivity index (χ3v) is 3.89. The molecule has 1 aromatic heterocycles. The van der Waals surface area contributed by atoms with E-state index in [1.165, 1.54) is 0 Å². The molecule has 0 spiro atoms. The fourth-order valence-corrected chi connectivity index (χ4v) is 2.75. The minimum absolute atomic E-state index is 0.406. The van der Waals surface area contributed by atoms with Crippen LogP contribution < -0.4 is 5.73 Å². The fourth-order valence-electron chi connectivity index (χ4n) is 2.08. The number of aromatic nitrogens is 2. The molecule has 0 aliphatic carbocycles. The fraction of sp³-hybridized carbons (Fsp3) is 0.125. The Bertz CT molecular complexity index is 755. The van der Waals surface area contributed by atoms with Crippen molar-refractivity contribution in [3.63, 3.8) is 0 Å². The Morgan fingerprint density at radius 3 is 2.62 bits per heavy atom. The van der Waals surface area contributed by atoms with Gasteiger partial charge in [0.25, 0.3) is 0 Å². The van der Waals surface area contributed by atoms with E-state index in [9.17, 15) is 0 Å². The number of hydrogen-bond donors (Lipinski definition) is 1. The van der Waals surface area contributed by atoms with E-state index >= 15 is 0 Å². The lowest BCUT2D eigenvalue weighted by molar-refractivity contribution is 0.367. The topological polar surface area (TPSA) is 64.9 Å². The van der Waals surface area contributed by atoms with Gasteiger partial charge in [0.2, 0.25) is 11.7 Å². The molecule has 0 aliphatic heterocycles. The number of hydrogen-bond acceptors (Lipinski definition) is 4. The van der Waals surface area contributed by atoms with Crippen molar-refractivity contribution >= 4 is 15.9 Å². The SMILES string of the molecule is Cc1ccc(-c2noc([C@@H](N)c3ccccc3)n2)c(Br)c1. The molecule has 0 unspecified atom stereocenters. The second-order valence-electron chi connectivity index (χ2n) is 4.83. The minimum Gasteiger partial charge on any atom is -0.337 e. The first-order valence-corrected chi connectivity index (χ1v) is 7.35. The Balaban J connectivity index is 1.93. The monoisotopic (exact) mass is 343 g/mol. The van der Waals surface area contributed by atoms with Crippen LogP contribution in [0, 0.1) is 6.92 Å². The number of benzene rings is 2. The summed E-state index contributed by atoms with van der Waals surface area (Å²) >= 11 is 3.52. The second kappa shape index (κ2) is 5.79. The molecule has 0 saturated carbocycles. The van der Waals surface area contributed by atoms with E-state index in [0.717, 1.165) is 21.2 Å². The van der Waals surface area contributed by atoms with Crippen LogP contribution in [-0.2, 0) is 0 Å². The zero-order valence-corrected chi connectivity index (χ0v) is 13.0. The van der Waals surface area contributed by atoms with Gasteiger partial charge in [-0.2, -0.15) is 4.98 Å². The van der Waals surface area contributed by atoms with Crippen LogP contribution in [0.1, 0.15) is 23.1 Å². The molecule has 0 aliphatic rings. The van der Waals surface area contributed by atoms with E-state index in [-0.39, 0.29) is 0 Å². The molecule has 3 rings (SSSR count). The lowest BCUT2D eigenvalue weighted by atomic mass is 10.1. The number of nitrogens with zero attached hydrogens (tertiary/aromatic N) is 2. The van der Waals surface area contributed by atoms with E-state index < -0.39 is 6.04 Å². The summed E-state index contributed by atoms with van der Waals surface area (Å²) in [5, 5.41) is 4.03. The molecular weight excluding hydrogens is 330 g/mol. The number of halogens is 1. The Kier molecular flexibility index (Phi) is 3.86. The summed E-state index contributed by atoms with van der Waals surface area (Å²) in [4.78, 5) is 4.41. The molecule has 0 saturated heterocycles. The van der Waals surface area contributed by atoms with E-state index in [1.54, 1.807) is 0 Å². The molecule has 5 heteroatoms. The van der Waals surface area contributed by atoms with E-state index in [2.05, 4.69) is 26.1 Å². The maximum absolute atomic E-state index is 6.16. The van der Waals surface area contributed by atoms with Gasteiger partial charge in [0.1, 0.15) is 6.04 Å². The third-order valence-electron chi connectivity index (χ3n) is 3.23. The highest BCUT2D eigenvalue weighted by Crippen LogP contribution is 2.28. The molecule has 2 N–H and O–H groups in total.